The number of oxazole rings is 1. The van der Waals surface area contributed by atoms with E-state index in [9.17, 15) is 9.59 Å². The lowest BCUT2D eigenvalue weighted by Gasteiger charge is -2.19. The summed E-state index contributed by atoms with van der Waals surface area (Å²) in [4.78, 5) is 31.8. The number of hydrogen-bond acceptors (Lipinski definition) is 5. The predicted molar refractivity (Wildman–Crippen MR) is 134 cm³/mol. The van der Waals surface area contributed by atoms with Crippen LogP contribution >= 0.6 is 0 Å². The lowest BCUT2D eigenvalue weighted by atomic mass is 10.0. The summed E-state index contributed by atoms with van der Waals surface area (Å²) in [6.45, 7) is 9.04. The van der Waals surface area contributed by atoms with Crippen molar-refractivity contribution < 1.29 is 18.7 Å². The molecule has 1 aromatic heterocycles. The summed E-state index contributed by atoms with van der Waals surface area (Å²) in [5.74, 6) is 1.26. The van der Waals surface area contributed by atoms with Crippen LogP contribution < -0.4 is 10.2 Å². The lowest BCUT2D eigenvalue weighted by Crippen LogP contribution is -2.37. The van der Waals surface area contributed by atoms with Gasteiger partial charge in [-0.25, -0.2) is 9.78 Å². The van der Waals surface area contributed by atoms with Crippen molar-refractivity contribution in [3.63, 3.8) is 0 Å². The molecule has 0 radical (unpaired) electrons. The fourth-order valence-corrected chi connectivity index (χ4v) is 4.12. The van der Waals surface area contributed by atoms with Crippen LogP contribution in [0.15, 0.2) is 53.1 Å². The van der Waals surface area contributed by atoms with Crippen LogP contribution in [0.3, 0.4) is 0 Å². The maximum Gasteiger partial charge on any atom is 0.324 e. The number of hydrogen-bond donors (Lipinski definition) is 1. The van der Waals surface area contributed by atoms with Crippen LogP contribution in [0.2, 0.25) is 0 Å². The molecule has 1 aliphatic heterocycles. The fourth-order valence-electron chi connectivity index (χ4n) is 4.12. The summed E-state index contributed by atoms with van der Waals surface area (Å²) in [5.41, 5.74) is 5.24. The van der Waals surface area contributed by atoms with E-state index in [0.717, 1.165) is 16.8 Å². The molecule has 1 aliphatic rings. The minimum atomic E-state index is -0.0927. The summed E-state index contributed by atoms with van der Waals surface area (Å²) in [6, 6.07) is 14.0. The molecule has 4 rings (SSSR count). The largest absolute Gasteiger partial charge is 0.440 e. The first-order valence-corrected chi connectivity index (χ1v) is 12.0. The smallest absolute Gasteiger partial charge is 0.324 e. The van der Waals surface area contributed by atoms with E-state index >= 15 is 0 Å². The van der Waals surface area contributed by atoms with Crippen molar-refractivity contribution in [1.82, 2.24) is 15.2 Å². The van der Waals surface area contributed by atoms with Gasteiger partial charge >= 0.3 is 6.03 Å². The van der Waals surface area contributed by atoms with E-state index in [-0.39, 0.29) is 11.9 Å². The molecule has 1 saturated heterocycles. The molecule has 0 bridgehead atoms. The first-order valence-electron chi connectivity index (χ1n) is 12.0. The molecule has 2 heterocycles. The van der Waals surface area contributed by atoms with Gasteiger partial charge in [0.1, 0.15) is 0 Å². The molecule has 0 spiro atoms. The third-order valence-electron chi connectivity index (χ3n) is 6.10. The molecule has 184 valence electrons. The minimum absolute atomic E-state index is 0.0491. The quantitative estimate of drug-likeness (QED) is 0.475. The zero-order valence-electron chi connectivity index (χ0n) is 20.5. The average Bonchev–Trinajstić information content (AvgIpc) is 3.46. The maximum atomic E-state index is 12.7. The Balaban J connectivity index is 1.39. The van der Waals surface area contributed by atoms with E-state index in [1.165, 1.54) is 18.1 Å². The van der Waals surface area contributed by atoms with Crippen molar-refractivity contribution >= 4 is 17.6 Å². The van der Waals surface area contributed by atoms with Crippen LogP contribution in [0.1, 0.15) is 36.4 Å². The Morgan fingerprint density at radius 2 is 1.97 bits per heavy atom. The van der Waals surface area contributed by atoms with Crippen LogP contribution in [0.25, 0.3) is 11.3 Å². The molecule has 0 unspecified atom stereocenters. The zero-order chi connectivity index (χ0) is 24.8. The number of benzene rings is 2. The number of nitrogens with one attached hydrogen (secondary N) is 1. The van der Waals surface area contributed by atoms with Crippen molar-refractivity contribution in [2.45, 2.75) is 33.8 Å². The molecule has 1 fully saturated rings. The SMILES string of the molecule is CCOCc1ccc(C)c(Cc2ncc(-c3ccc(N4CCN(CCNC(C)=O)C4=O)cc3)o2)c1. The van der Waals surface area contributed by atoms with E-state index in [4.69, 9.17) is 9.15 Å². The molecule has 1 N–H and O–H groups in total. The number of amides is 3. The highest BCUT2D eigenvalue weighted by Crippen LogP contribution is 2.27. The highest BCUT2D eigenvalue weighted by atomic mass is 16.5. The predicted octanol–water partition coefficient (Wildman–Crippen LogP) is 4.16. The molecular weight excluding hydrogens is 444 g/mol. The van der Waals surface area contributed by atoms with Crippen LogP contribution in [0.4, 0.5) is 10.5 Å². The number of carbonyl (C=O) groups excluding carboxylic acids is 2. The molecule has 8 heteroatoms. The topological polar surface area (TPSA) is 87.9 Å². The first kappa shape index (κ1) is 24.5. The summed E-state index contributed by atoms with van der Waals surface area (Å²) in [6.07, 6.45) is 2.36. The molecule has 3 aromatic rings. The van der Waals surface area contributed by atoms with Crippen LogP contribution in [-0.4, -0.2) is 54.6 Å². The Morgan fingerprint density at radius 1 is 1.17 bits per heavy atom. The first-order chi connectivity index (χ1) is 16.9. The number of carbonyl (C=O) groups is 2. The van der Waals surface area contributed by atoms with Gasteiger partial charge in [-0.15, -0.1) is 0 Å². The van der Waals surface area contributed by atoms with Crippen LogP contribution in [0, 0.1) is 6.92 Å². The second kappa shape index (κ2) is 11.2. The van der Waals surface area contributed by atoms with Gasteiger partial charge in [0.15, 0.2) is 11.7 Å². The molecule has 3 amide bonds. The Kier molecular flexibility index (Phi) is 7.82. The maximum absolute atomic E-state index is 12.7. The van der Waals surface area contributed by atoms with Gasteiger partial charge in [-0.1, -0.05) is 18.2 Å². The fraction of sp³-hybridized carbons (Fsp3) is 0.370. The van der Waals surface area contributed by atoms with Gasteiger partial charge < -0.3 is 19.4 Å². The molecule has 0 atom stereocenters. The normalized spacial score (nSPS) is 13.5. The summed E-state index contributed by atoms with van der Waals surface area (Å²) in [7, 11) is 0. The summed E-state index contributed by atoms with van der Waals surface area (Å²) >= 11 is 0. The van der Waals surface area contributed by atoms with E-state index < -0.39 is 0 Å². The van der Waals surface area contributed by atoms with Gasteiger partial charge in [0, 0.05) is 57.4 Å². The number of ether oxygens (including phenoxy) is 1. The van der Waals surface area contributed by atoms with E-state index in [1.807, 2.05) is 31.2 Å². The molecule has 35 heavy (non-hydrogen) atoms. The molecule has 8 nitrogen and oxygen atoms in total. The Bertz CT molecular complexity index is 1170. The second-order valence-electron chi connectivity index (χ2n) is 8.64. The van der Waals surface area contributed by atoms with Crippen LogP contribution in [0.5, 0.6) is 0 Å². The van der Waals surface area contributed by atoms with Gasteiger partial charge in [0.2, 0.25) is 5.91 Å². The number of nitrogens with zero attached hydrogens (tertiary/aromatic N) is 3. The van der Waals surface area contributed by atoms with E-state index in [2.05, 4.69) is 35.4 Å². The Labute approximate surface area is 205 Å². The van der Waals surface area contributed by atoms with Gasteiger partial charge in [-0.3, -0.25) is 9.69 Å². The van der Waals surface area contributed by atoms with Crippen molar-refractivity contribution in [3.05, 3.63) is 71.2 Å². The number of aromatic nitrogens is 1. The number of rotatable bonds is 10. The van der Waals surface area contributed by atoms with Crippen molar-refractivity contribution in [1.29, 1.82) is 0 Å². The van der Waals surface area contributed by atoms with Gasteiger partial charge in [0.25, 0.3) is 0 Å². The number of urea groups is 1. The monoisotopic (exact) mass is 476 g/mol. The third kappa shape index (κ3) is 6.08. The third-order valence-corrected chi connectivity index (χ3v) is 6.10. The average molecular weight is 477 g/mol. The van der Waals surface area contributed by atoms with Crippen molar-refractivity contribution in [2.24, 2.45) is 0 Å². The minimum Gasteiger partial charge on any atom is -0.440 e. The molecule has 0 aliphatic carbocycles. The lowest BCUT2D eigenvalue weighted by molar-refractivity contribution is -0.118. The molecular formula is C27H32N4O4. The Hall–Kier alpha value is -3.65. The highest BCUT2D eigenvalue weighted by molar-refractivity contribution is 5.94. The van der Waals surface area contributed by atoms with Crippen molar-refractivity contribution in [2.75, 3.05) is 37.7 Å². The zero-order valence-corrected chi connectivity index (χ0v) is 20.5. The summed E-state index contributed by atoms with van der Waals surface area (Å²) < 4.78 is 11.6. The van der Waals surface area contributed by atoms with E-state index in [1.54, 1.807) is 16.0 Å². The number of anilines is 1. The van der Waals surface area contributed by atoms with Crippen molar-refractivity contribution in [3.8, 4) is 11.3 Å². The van der Waals surface area contributed by atoms with Gasteiger partial charge in [-0.2, -0.15) is 0 Å². The van der Waals surface area contributed by atoms with Crippen LogP contribution in [-0.2, 0) is 22.6 Å². The summed E-state index contributed by atoms with van der Waals surface area (Å²) in [5, 5.41) is 2.73. The number of aryl methyl sites for hydroxylation is 1. The molecule has 2 aromatic carbocycles. The molecule has 0 saturated carbocycles. The standard InChI is InChI=1S/C27H32N4O4/c1-4-34-18-21-6-5-19(2)23(15-21)16-26-29-17-25(35-26)22-7-9-24(10-8-22)31-14-13-30(27(31)33)12-11-28-20(3)32/h5-10,15,17H,4,11-14,16,18H2,1-3H3,(H,28,32). The van der Waals surface area contributed by atoms with E-state index in [0.29, 0.717) is 57.5 Å². The van der Waals surface area contributed by atoms with Gasteiger partial charge in [-0.05, 0) is 54.8 Å². The second-order valence-corrected chi connectivity index (χ2v) is 8.64. The van der Waals surface area contributed by atoms with Gasteiger partial charge in [0.05, 0.1) is 12.8 Å². The Morgan fingerprint density at radius 3 is 2.71 bits per heavy atom. The highest BCUT2D eigenvalue weighted by Gasteiger charge is 2.29.